The summed E-state index contributed by atoms with van der Waals surface area (Å²) in [5.74, 6) is 0.948. The minimum absolute atomic E-state index is 0.305. The number of benzene rings is 2. The molecule has 33 heavy (non-hydrogen) atoms. The van der Waals surface area contributed by atoms with E-state index < -0.39 is 0 Å². The van der Waals surface area contributed by atoms with E-state index >= 15 is 0 Å². The Balaban J connectivity index is 1.67. The van der Waals surface area contributed by atoms with Gasteiger partial charge in [0.05, 0.1) is 30.5 Å². The summed E-state index contributed by atoms with van der Waals surface area (Å²) in [6.45, 7) is 8.91. The highest BCUT2D eigenvalue weighted by Gasteiger charge is 2.37. The molecule has 0 radical (unpaired) electrons. The first-order valence-electron chi connectivity index (χ1n) is 11.0. The lowest BCUT2D eigenvalue weighted by Gasteiger charge is -2.33. The fourth-order valence-electron chi connectivity index (χ4n) is 3.83. The third-order valence-corrected chi connectivity index (χ3v) is 6.18. The fourth-order valence-corrected chi connectivity index (χ4v) is 4.62. The van der Waals surface area contributed by atoms with Crippen LogP contribution in [0.25, 0.3) is 0 Å². The standard InChI is InChI=1S/C26H28N2O4S/c1-5-30-22-15-20(11-12-21(22)32-16-19-9-7-17(3)8-10-19)24-23(25(29)31-6-2)18(4)27-26-28(24)13-14-33-26/h7-15,24H,5-6,16H2,1-4H3/t24-/m0/s1. The smallest absolute Gasteiger partial charge is 0.338 e. The van der Waals surface area contributed by atoms with Crippen molar-refractivity contribution in [2.75, 3.05) is 13.2 Å². The monoisotopic (exact) mass is 464 g/mol. The number of thioether (sulfide) groups is 1. The van der Waals surface area contributed by atoms with Gasteiger partial charge in [-0.15, -0.1) is 0 Å². The average Bonchev–Trinajstić information content (AvgIpc) is 3.26. The van der Waals surface area contributed by atoms with Gasteiger partial charge in [0, 0.05) is 6.20 Å². The second kappa shape index (κ2) is 10.2. The van der Waals surface area contributed by atoms with E-state index in [4.69, 9.17) is 14.2 Å². The molecule has 6 nitrogen and oxygen atoms in total. The maximum atomic E-state index is 12.9. The number of ether oxygens (including phenoxy) is 3. The molecular formula is C26H28N2O4S. The number of esters is 1. The molecule has 7 heteroatoms. The molecule has 0 saturated carbocycles. The summed E-state index contributed by atoms with van der Waals surface area (Å²) in [4.78, 5) is 19.5. The molecule has 2 aromatic rings. The van der Waals surface area contributed by atoms with Crippen LogP contribution in [0, 0.1) is 6.92 Å². The normalized spacial score (nSPS) is 17.0. The maximum Gasteiger partial charge on any atom is 0.338 e. The molecule has 2 aliphatic heterocycles. The SMILES string of the molecule is CCOC(=O)C1=C(C)N=C2SC=CN2[C@H]1c1ccc(OCc2ccc(C)cc2)c(OCC)c1. The molecule has 0 aromatic heterocycles. The molecular weight excluding hydrogens is 436 g/mol. The second-order valence-electron chi connectivity index (χ2n) is 7.74. The number of fused-ring (bicyclic) bond motifs is 1. The summed E-state index contributed by atoms with van der Waals surface area (Å²) in [5, 5.41) is 2.80. The Bertz CT molecular complexity index is 1120. The summed E-state index contributed by atoms with van der Waals surface area (Å²) in [6.07, 6.45) is 1.95. The van der Waals surface area contributed by atoms with Crippen molar-refractivity contribution in [3.8, 4) is 11.5 Å². The quantitative estimate of drug-likeness (QED) is 0.464. The first-order valence-corrected chi connectivity index (χ1v) is 11.9. The van der Waals surface area contributed by atoms with Crippen molar-refractivity contribution in [3.05, 3.63) is 82.0 Å². The Morgan fingerprint density at radius 3 is 2.55 bits per heavy atom. The Morgan fingerprint density at radius 2 is 1.82 bits per heavy atom. The number of carbonyl (C=O) groups excluding carboxylic acids is 1. The lowest BCUT2D eigenvalue weighted by atomic mass is 9.94. The topological polar surface area (TPSA) is 60.4 Å². The van der Waals surface area contributed by atoms with Crippen LogP contribution in [0.4, 0.5) is 0 Å². The number of amidine groups is 1. The van der Waals surface area contributed by atoms with E-state index in [1.807, 2.05) is 48.6 Å². The van der Waals surface area contributed by atoms with E-state index in [1.165, 1.54) is 17.3 Å². The average molecular weight is 465 g/mol. The van der Waals surface area contributed by atoms with Crippen LogP contribution in [0.5, 0.6) is 11.5 Å². The number of nitrogens with zero attached hydrogens (tertiary/aromatic N) is 2. The van der Waals surface area contributed by atoms with Gasteiger partial charge in [0.15, 0.2) is 16.7 Å². The van der Waals surface area contributed by atoms with Crippen LogP contribution in [0.15, 0.2) is 70.3 Å². The number of aryl methyl sites for hydroxylation is 1. The van der Waals surface area contributed by atoms with Crippen LogP contribution in [0.1, 0.15) is 43.5 Å². The summed E-state index contributed by atoms with van der Waals surface area (Å²) in [5.41, 5.74) is 4.40. The zero-order chi connectivity index (χ0) is 23.4. The van der Waals surface area contributed by atoms with Crippen LogP contribution >= 0.6 is 11.8 Å². The molecule has 2 aromatic carbocycles. The molecule has 0 fully saturated rings. The Labute approximate surface area is 198 Å². The highest BCUT2D eigenvalue weighted by atomic mass is 32.2. The van der Waals surface area contributed by atoms with Gasteiger partial charge in [0.1, 0.15) is 6.61 Å². The highest BCUT2D eigenvalue weighted by molar-refractivity contribution is 8.16. The predicted octanol–water partition coefficient (Wildman–Crippen LogP) is 5.74. The van der Waals surface area contributed by atoms with Crippen molar-refractivity contribution in [1.29, 1.82) is 0 Å². The van der Waals surface area contributed by atoms with E-state index in [-0.39, 0.29) is 12.0 Å². The molecule has 0 bridgehead atoms. The zero-order valence-corrected chi connectivity index (χ0v) is 20.1. The molecule has 2 aliphatic rings. The van der Waals surface area contributed by atoms with Crippen LogP contribution in [0.3, 0.4) is 0 Å². The molecule has 0 spiro atoms. The second-order valence-corrected chi connectivity index (χ2v) is 8.61. The van der Waals surface area contributed by atoms with Crippen molar-refractivity contribution in [1.82, 2.24) is 4.90 Å². The summed E-state index contributed by atoms with van der Waals surface area (Å²) < 4.78 is 17.4. The Hall–Kier alpha value is -3.19. The third-order valence-electron chi connectivity index (χ3n) is 5.41. The van der Waals surface area contributed by atoms with Gasteiger partial charge < -0.3 is 19.1 Å². The molecule has 1 atom stereocenters. The van der Waals surface area contributed by atoms with Gasteiger partial charge in [-0.25, -0.2) is 9.79 Å². The molecule has 0 N–H and O–H groups in total. The van der Waals surface area contributed by atoms with Gasteiger partial charge in [-0.1, -0.05) is 47.7 Å². The lowest BCUT2D eigenvalue weighted by molar-refractivity contribution is -0.139. The van der Waals surface area contributed by atoms with E-state index in [9.17, 15) is 4.79 Å². The highest BCUT2D eigenvalue weighted by Crippen LogP contribution is 2.43. The molecule has 0 amide bonds. The van der Waals surface area contributed by atoms with Gasteiger partial charge >= 0.3 is 5.97 Å². The Morgan fingerprint density at radius 1 is 1.03 bits per heavy atom. The Kier molecular flexibility index (Phi) is 7.08. The molecule has 4 rings (SSSR count). The number of allylic oxidation sites excluding steroid dienone is 1. The van der Waals surface area contributed by atoms with Crippen LogP contribution in [-0.4, -0.2) is 29.3 Å². The number of hydrogen-bond acceptors (Lipinski definition) is 7. The number of carbonyl (C=O) groups is 1. The van der Waals surface area contributed by atoms with E-state index in [0.717, 1.165) is 16.3 Å². The van der Waals surface area contributed by atoms with Gasteiger partial charge in [-0.05, 0) is 56.4 Å². The third kappa shape index (κ3) is 4.93. The van der Waals surface area contributed by atoms with Crippen LogP contribution in [0.2, 0.25) is 0 Å². The summed E-state index contributed by atoms with van der Waals surface area (Å²) in [7, 11) is 0. The minimum atomic E-state index is -0.356. The molecule has 2 heterocycles. The number of aliphatic imine (C=N–C) groups is 1. The molecule has 0 saturated heterocycles. The molecule has 172 valence electrons. The van der Waals surface area contributed by atoms with Gasteiger partial charge in [0.25, 0.3) is 0 Å². The van der Waals surface area contributed by atoms with Gasteiger partial charge in [-0.3, -0.25) is 0 Å². The maximum absolute atomic E-state index is 12.9. The van der Waals surface area contributed by atoms with Gasteiger partial charge in [0.2, 0.25) is 0 Å². The summed E-state index contributed by atoms with van der Waals surface area (Å²) in [6, 6.07) is 13.7. The van der Waals surface area contributed by atoms with Crippen LogP contribution in [-0.2, 0) is 16.1 Å². The van der Waals surface area contributed by atoms with Crippen molar-refractivity contribution in [2.24, 2.45) is 4.99 Å². The summed E-state index contributed by atoms with van der Waals surface area (Å²) >= 11 is 1.53. The van der Waals surface area contributed by atoms with E-state index in [2.05, 4.69) is 36.2 Å². The van der Waals surface area contributed by atoms with Crippen molar-refractivity contribution < 1.29 is 19.0 Å². The molecule has 0 aliphatic carbocycles. The first-order chi connectivity index (χ1) is 16.0. The van der Waals surface area contributed by atoms with Crippen molar-refractivity contribution >= 4 is 22.9 Å². The zero-order valence-electron chi connectivity index (χ0n) is 19.3. The van der Waals surface area contributed by atoms with Crippen molar-refractivity contribution in [3.63, 3.8) is 0 Å². The van der Waals surface area contributed by atoms with E-state index in [1.54, 1.807) is 6.92 Å². The number of hydrogen-bond donors (Lipinski definition) is 0. The predicted molar refractivity (Wildman–Crippen MR) is 131 cm³/mol. The van der Waals surface area contributed by atoms with Gasteiger partial charge in [-0.2, -0.15) is 0 Å². The van der Waals surface area contributed by atoms with E-state index in [0.29, 0.717) is 42.6 Å². The van der Waals surface area contributed by atoms with Crippen molar-refractivity contribution in [2.45, 2.75) is 40.3 Å². The fraction of sp³-hybridized carbons (Fsp3) is 0.308. The molecule has 0 unspecified atom stereocenters. The number of rotatable bonds is 8. The van der Waals surface area contributed by atoms with Crippen LogP contribution < -0.4 is 9.47 Å². The minimum Gasteiger partial charge on any atom is -0.490 e. The largest absolute Gasteiger partial charge is 0.490 e. The first kappa shape index (κ1) is 23.0. The lowest BCUT2D eigenvalue weighted by Crippen LogP contribution is -2.34.